The quantitative estimate of drug-likeness (QED) is 0.793. The van der Waals surface area contributed by atoms with Crippen molar-refractivity contribution in [1.29, 1.82) is 0 Å². The topological polar surface area (TPSA) is 51.0 Å². The average molecular weight is 337 g/mol. The SMILES string of the molecule is CSc1nnc(CC2CCN(C(=O)C3CCCCC3)CC2)n1C. The fraction of sp³-hybridized carbons (Fsp3) is 0.824. The largest absolute Gasteiger partial charge is 0.342 e. The number of carbonyl (C=O) groups is 1. The Labute approximate surface area is 143 Å². The van der Waals surface area contributed by atoms with Gasteiger partial charge in [-0.05, 0) is 37.9 Å². The third-order valence-electron chi connectivity index (χ3n) is 5.46. The van der Waals surface area contributed by atoms with E-state index in [0.717, 1.165) is 56.2 Å². The Morgan fingerprint density at radius 1 is 1.13 bits per heavy atom. The fourth-order valence-electron chi connectivity index (χ4n) is 3.92. The van der Waals surface area contributed by atoms with Crippen molar-refractivity contribution in [2.24, 2.45) is 18.9 Å². The second-order valence-corrected chi connectivity index (χ2v) is 7.74. The first-order chi connectivity index (χ1) is 11.2. The van der Waals surface area contributed by atoms with Crippen molar-refractivity contribution >= 4 is 17.7 Å². The molecule has 1 aliphatic heterocycles. The van der Waals surface area contributed by atoms with Crippen LogP contribution in [0.1, 0.15) is 50.8 Å². The molecule has 0 atom stereocenters. The molecule has 3 rings (SSSR count). The highest BCUT2D eigenvalue weighted by Crippen LogP contribution is 2.28. The third-order valence-corrected chi connectivity index (χ3v) is 6.18. The van der Waals surface area contributed by atoms with Gasteiger partial charge < -0.3 is 9.47 Å². The standard InChI is InChI=1S/C17H28N4OS/c1-20-15(18-19-17(20)23-2)12-13-8-10-21(11-9-13)16(22)14-6-4-3-5-7-14/h13-14H,3-12H2,1-2H3. The van der Waals surface area contributed by atoms with Crippen LogP contribution in [0.4, 0.5) is 0 Å². The van der Waals surface area contributed by atoms with Crippen LogP contribution in [0, 0.1) is 11.8 Å². The van der Waals surface area contributed by atoms with E-state index >= 15 is 0 Å². The van der Waals surface area contributed by atoms with Crippen LogP contribution in [0.2, 0.25) is 0 Å². The summed E-state index contributed by atoms with van der Waals surface area (Å²) in [7, 11) is 2.04. The highest BCUT2D eigenvalue weighted by Gasteiger charge is 2.29. The number of likely N-dealkylation sites (tertiary alicyclic amines) is 1. The lowest BCUT2D eigenvalue weighted by molar-refractivity contribution is -0.138. The van der Waals surface area contributed by atoms with E-state index in [4.69, 9.17) is 0 Å². The molecule has 5 nitrogen and oxygen atoms in total. The van der Waals surface area contributed by atoms with E-state index in [1.165, 1.54) is 19.3 Å². The molecule has 1 aliphatic carbocycles. The Balaban J connectivity index is 1.50. The number of carbonyl (C=O) groups excluding carboxylic acids is 1. The van der Waals surface area contributed by atoms with Crippen LogP contribution in [0.3, 0.4) is 0 Å². The summed E-state index contributed by atoms with van der Waals surface area (Å²) in [4.78, 5) is 14.7. The third kappa shape index (κ3) is 3.90. The maximum atomic E-state index is 12.6. The minimum absolute atomic E-state index is 0.308. The smallest absolute Gasteiger partial charge is 0.225 e. The van der Waals surface area contributed by atoms with Gasteiger partial charge in [0, 0.05) is 32.5 Å². The zero-order valence-corrected chi connectivity index (χ0v) is 15.1. The molecule has 2 fully saturated rings. The number of nitrogens with zero attached hydrogens (tertiary/aromatic N) is 4. The molecule has 1 amide bonds. The van der Waals surface area contributed by atoms with E-state index in [1.807, 2.05) is 13.3 Å². The van der Waals surface area contributed by atoms with Gasteiger partial charge in [0.25, 0.3) is 0 Å². The predicted octanol–water partition coefficient (Wildman–Crippen LogP) is 2.90. The summed E-state index contributed by atoms with van der Waals surface area (Å²) in [6, 6.07) is 0. The molecule has 0 aromatic carbocycles. The van der Waals surface area contributed by atoms with Crippen molar-refractivity contribution in [3.63, 3.8) is 0 Å². The van der Waals surface area contributed by atoms with Crippen molar-refractivity contribution < 1.29 is 4.79 Å². The van der Waals surface area contributed by atoms with Crippen molar-refractivity contribution in [3.8, 4) is 0 Å². The Morgan fingerprint density at radius 2 is 1.83 bits per heavy atom. The summed E-state index contributed by atoms with van der Waals surface area (Å²) < 4.78 is 2.10. The van der Waals surface area contributed by atoms with E-state index in [9.17, 15) is 4.79 Å². The molecule has 0 radical (unpaired) electrons. The number of amides is 1. The number of rotatable bonds is 4. The second kappa shape index (κ2) is 7.69. The molecular weight excluding hydrogens is 308 g/mol. The Hall–Kier alpha value is -1.04. The molecule has 1 saturated carbocycles. The molecule has 0 N–H and O–H groups in total. The van der Waals surface area contributed by atoms with Crippen LogP contribution in [0.25, 0.3) is 0 Å². The van der Waals surface area contributed by atoms with Gasteiger partial charge in [0.05, 0.1) is 0 Å². The molecule has 2 heterocycles. The van der Waals surface area contributed by atoms with Crippen LogP contribution in [0.5, 0.6) is 0 Å². The first kappa shape index (κ1) is 16.8. The first-order valence-corrected chi connectivity index (χ1v) is 10.1. The van der Waals surface area contributed by atoms with Gasteiger partial charge in [0.1, 0.15) is 5.82 Å². The molecule has 128 valence electrons. The van der Waals surface area contributed by atoms with Crippen LogP contribution >= 0.6 is 11.8 Å². The van der Waals surface area contributed by atoms with Gasteiger partial charge in [0.2, 0.25) is 5.91 Å². The highest BCUT2D eigenvalue weighted by atomic mass is 32.2. The van der Waals surface area contributed by atoms with Crippen LogP contribution in [-0.4, -0.2) is 44.9 Å². The lowest BCUT2D eigenvalue weighted by Gasteiger charge is -2.35. The maximum absolute atomic E-state index is 12.6. The summed E-state index contributed by atoms with van der Waals surface area (Å²) >= 11 is 1.63. The molecule has 1 saturated heterocycles. The summed E-state index contributed by atoms with van der Waals surface area (Å²) in [5.74, 6) is 2.43. The van der Waals surface area contributed by atoms with Crippen LogP contribution < -0.4 is 0 Å². The summed E-state index contributed by atoms with van der Waals surface area (Å²) in [6.45, 7) is 1.85. The summed E-state index contributed by atoms with van der Waals surface area (Å²) in [5.41, 5.74) is 0. The lowest BCUT2D eigenvalue weighted by Crippen LogP contribution is -2.42. The monoisotopic (exact) mass is 336 g/mol. The Morgan fingerprint density at radius 3 is 2.43 bits per heavy atom. The molecule has 2 aliphatic rings. The Bertz CT molecular complexity index is 531. The van der Waals surface area contributed by atoms with E-state index in [2.05, 4.69) is 19.7 Å². The van der Waals surface area contributed by atoms with Crippen molar-refractivity contribution in [2.75, 3.05) is 19.3 Å². The van der Waals surface area contributed by atoms with Crippen molar-refractivity contribution in [2.45, 2.75) is 56.5 Å². The second-order valence-electron chi connectivity index (χ2n) is 6.97. The minimum atomic E-state index is 0.308. The molecule has 23 heavy (non-hydrogen) atoms. The van der Waals surface area contributed by atoms with Crippen molar-refractivity contribution in [1.82, 2.24) is 19.7 Å². The molecular formula is C17H28N4OS. The van der Waals surface area contributed by atoms with E-state index in [1.54, 1.807) is 11.8 Å². The van der Waals surface area contributed by atoms with Gasteiger partial charge in [-0.25, -0.2) is 0 Å². The number of thioether (sulfide) groups is 1. The number of piperidine rings is 1. The van der Waals surface area contributed by atoms with Gasteiger partial charge in [-0.2, -0.15) is 0 Å². The lowest BCUT2D eigenvalue weighted by atomic mass is 9.87. The van der Waals surface area contributed by atoms with Gasteiger partial charge >= 0.3 is 0 Å². The number of hydrogen-bond acceptors (Lipinski definition) is 4. The average Bonchev–Trinajstić information content (AvgIpc) is 2.96. The zero-order chi connectivity index (χ0) is 16.2. The van der Waals surface area contributed by atoms with E-state index in [0.29, 0.717) is 17.7 Å². The van der Waals surface area contributed by atoms with Gasteiger partial charge in [0.15, 0.2) is 5.16 Å². The van der Waals surface area contributed by atoms with E-state index < -0.39 is 0 Å². The molecule has 1 aromatic rings. The summed E-state index contributed by atoms with van der Waals surface area (Å²) in [6.07, 6.45) is 11.2. The highest BCUT2D eigenvalue weighted by molar-refractivity contribution is 7.98. The predicted molar refractivity (Wildman–Crippen MR) is 92.4 cm³/mol. The maximum Gasteiger partial charge on any atom is 0.225 e. The van der Waals surface area contributed by atoms with Crippen LogP contribution in [0.15, 0.2) is 5.16 Å². The molecule has 6 heteroatoms. The number of aromatic nitrogens is 3. The molecule has 0 unspecified atom stereocenters. The van der Waals surface area contributed by atoms with Gasteiger partial charge in [-0.1, -0.05) is 31.0 Å². The summed E-state index contributed by atoms with van der Waals surface area (Å²) in [5, 5.41) is 9.51. The zero-order valence-electron chi connectivity index (χ0n) is 14.3. The Kier molecular flexibility index (Phi) is 5.62. The van der Waals surface area contributed by atoms with Gasteiger partial charge in [-0.3, -0.25) is 4.79 Å². The van der Waals surface area contributed by atoms with Crippen molar-refractivity contribution in [3.05, 3.63) is 5.82 Å². The van der Waals surface area contributed by atoms with Gasteiger partial charge in [-0.15, -0.1) is 10.2 Å². The molecule has 0 spiro atoms. The normalized spacial score (nSPS) is 20.9. The minimum Gasteiger partial charge on any atom is -0.342 e. The fourth-order valence-corrected chi connectivity index (χ4v) is 4.43. The number of hydrogen-bond donors (Lipinski definition) is 0. The molecule has 1 aromatic heterocycles. The first-order valence-electron chi connectivity index (χ1n) is 8.90. The van der Waals surface area contributed by atoms with Crippen LogP contribution in [-0.2, 0) is 18.3 Å². The molecule has 0 bridgehead atoms. The van der Waals surface area contributed by atoms with E-state index in [-0.39, 0.29) is 0 Å².